The molecule has 2 aliphatic rings. The lowest BCUT2D eigenvalue weighted by atomic mass is 9.95. The van der Waals surface area contributed by atoms with E-state index in [1.807, 2.05) is 0 Å². The van der Waals surface area contributed by atoms with Crippen LogP contribution in [0.25, 0.3) is 0 Å². The maximum atomic E-state index is 5.42. The normalized spacial score (nSPS) is 27.0. The highest BCUT2D eigenvalue weighted by molar-refractivity contribution is 5.57. The van der Waals surface area contributed by atoms with Crippen LogP contribution in [0, 0.1) is 0 Å². The quantitative estimate of drug-likeness (QED) is 0.922. The SMILES string of the molecule is CCC1(C)CN(c2ccc(N3CCOCC3)cc2)CCN1. The lowest BCUT2D eigenvalue weighted by molar-refractivity contribution is 0.122. The highest BCUT2D eigenvalue weighted by Gasteiger charge is 2.28. The molecule has 2 heterocycles. The summed E-state index contributed by atoms with van der Waals surface area (Å²) in [6.07, 6.45) is 1.16. The van der Waals surface area contributed by atoms with Crippen molar-refractivity contribution in [1.82, 2.24) is 5.32 Å². The van der Waals surface area contributed by atoms with Crippen molar-refractivity contribution in [3.8, 4) is 0 Å². The molecule has 3 rings (SSSR count). The van der Waals surface area contributed by atoms with Gasteiger partial charge in [0.15, 0.2) is 0 Å². The van der Waals surface area contributed by atoms with Crippen molar-refractivity contribution in [2.75, 3.05) is 55.7 Å². The van der Waals surface area contributed by atoms with Gasteiger partial charge in [-0.05, 0) is 37.6 Å². The van der Waals surface area contributed by atoms with E-state index in [0.29, 0.717) is 0 Å². The van der Waals surface area contributed by atoms with Gasteiger partial charge in [-0.2, -0.15) is 0 Å². The van der Waals surface area contributed by atoms with E-state index < -0.39 is 0 Å². The average Bonchev–Trinajstić information content (AvgIpc) is 2.56. The Balaban J connectivity index is 1.68. The van der Waals surface area contributed by atoms with Gasteiger partial charge in [0, 0.05) is 49.6 Å². The summed E-state index contributed by atoms with van der Waals surface area (Å²) in [5, 5.41) is 3.64. The fourth-order valence-electron chi connectivity index (χ4n) is 3.20. The van der Waals surface area contributed by atoms with Crippen molar-refractivity contribution in [2.45, 2.75) is 25.8 Å². The topological polar surface area (TPSA) is 27.7 Å². The monoisotopic (exact) mass is 289 g/mol. The van der Waals surface area contributed by atoms with Gasteiger partial charge in [-0.3, -0.25) is 0 Å². The van der Waals surface area contributed by atoms with Gasteiger partial charge >= 0.3 is 0 Å². The maximum absolute atomic E-state index is 5.42. The summed E-state index contributed by atoms with van der Waals surface area (Å²) in [6.45, 7) is 11.5. The van der Waals surface area contributed by atoms with Crippen LogP contribution in [-0.2, 0) is 4.74 Å². The number of piperazine rings is 1. The summed E-state index contributed by atoms with van der Waals surface area (Å²) in [5.74, 6) is 0. The maximum Gasteiger partial charge on any atom is 0.0642 e. The van der Waals surface area contributed by atoms with Crippen molar-refractivity contribution < 1.29 is 4.74 Å². The second-order valence-electron chi connectivity index (χ2n) is 6.38. The van der Waals surface area contributed by atoms with Crippen molar-refractivity contribution >= 4 is 11.4 Å². The van der Waals surface area contributed by atoms with Crippen LogP contribution in [-0.4, -0.2) is 51.5 Å². The molecular weight excluding hydrogens is 262 g/mol. The smallest absolute Gasteiger partial charge is 0.0642 e. The van der Waals surface area contributed by atoms with Crippen LogP contribution in [0.5, 0.6) is 0 Å². The van der Waals surface area contributed by atoms with Crippen LogP contribution < -0.4 is 15.1 Å². The average molecular weight is 289 g/mol. The minimum absolute atomic E-state index is 0.237. The summed E-state index contributed by atoms with van der Waals surface area (Å²) >= 11 is 0. The standard InChI is InChI=1S/C17H27N3O/c1-3-17(2)14-20(9-8-18-17)16-6-4-15(5-7-16)19-10-12-21-13-11-19/h4-7,18H,3,8-14H2,1-2H3. The number of morpholine rings is 1. The number of nitrogens with one attached hydrogen (secondary N) is 1. The van der Waals surface area contributed by atoms with E-state index in [2.05, 4.69) is 53.2 Å². The first kappa shape index (κ1) is 14.7. The van der Waals surface area contributed by atoms with Crippen LogP contribution in [0.1, 0.15) is 20.3 Å². The van der Waals surface area contributed by atoms with E-state index in [-0.39, 0.29) is 5.54 Å². The van der Waals surface area contributed by atoms with Crippen LogP contribution in [0.2, 0.25) is 0 Å². The molecular formula is C17H27N3O. The molecule has 0 spiro atoms. The predicted octanol–water partition coefficient (Wildman–Crippen LogP) is 2.10. The van der Waals surface area contributed by atoms with Gasteiger partial charge in [0.25, 0.3) is 0 Å². The van der Waals surface area contributed by atoms with E-state index in [0.717, 1.165) is 52.4 Å². The van der Waals surface area contributed by atoms with E-state index in [4.69, 9.17) is 4.74 Å². The molecule has 0 bridgehead atoms. The molecule has 4 nitrogen and oxygen atoms in total. The molecule has 1 atom stereocenters. The fraction of sp³-hybridized carbons (Fsp3) is 0.647. The van der Waals surface area contributed by atoms with E-state index >= 15 is 0 Å². The third kappa shape index (κ3) is 3.33. The number of nitrogens with zero attached hydrogens (tertiary/aromatic N) is 2. The number of ether oxygens (including phenoxy) is 1. The van der Waals surface area contributed by atoms with Crippen LogP contribution in [0.4, 0.5) is 11.4 Å². The number of rotatable bonds is 3. The van der Waals surface area contributed by atoms with Gasteiger partial charge in [-0.15, -0.1) is 0 Å². The summed E-state index contributed by atoms with van der Waals surface area (Å²) in [6, 6.07) is 9.05. The van der Waals surface area contributed by atoms with Gasteiger partial charge < -0.3 is 19.9 Å². The first-order valence-electron chi connectivity index (χ1n) is 8.13. The first-order chi connectivity index (χ1) is 10.2. The second kappa shape index (κ2) is 6.24. The van der Waals surface area contributed by atoms with Crippen LogP contribution in [0.15, 0.2) is 24.3 Å². The minimum Gasteiger partial charge on any atom is -0.378 e. The van der Waals surface area contributed by atoms with Crippen LogP contribution >= 0.6 is 0 Å². The van der Waals surface area contributed by atoms with Gasteiger partial charge in [0.2, 0.25) is 0 Å². The number of anilines is 2. The first-order valence-corrected chi connectivity index (χ1v) is 8.13. The Morgan fingerprint density at radius 1 is 1.05 bits per heavy atom. The third-order valence-electron chi connectivity index (χ3n) is 4.84. The molecule has 4 heteroatoms. The third-order valence-corrected chi connectivity index (χ3v) is 4.84. The molecule has 1 unspecified atom stereocenters. The Kier molecular flexibility index (Phi) is 4.36. The zero-order valence-electron chi connectivity index (χ0n) is 13.3. The second-order valence-corrected chi connectivity index (χ2v) is 6.38. The Morgan fingerprint density at radius 2 is 1.67 bits per heavy atom. The van der Waals surface area contributed by atoms with Crippen molar-refractivity contribution in [3.63, 3.8) is 0 Å². The van der Waals surface area contributed by atoms with Crippen molar-refractivity contribution in [2.24, 2.45) is 0 Å². The molecule has 2 saturated heterocycles. The number of hydrogen-bond acceptors (Lipinski definition) is 4. The molecule has 1 N–H and O–H groups in total. The van der Waals surface area contributed by atoms with Crippen molar-refractivity contribution in [3.05, 3.63) is 24.3 Å². The molecule has 0 aromatic heterocycles. The molecule has 0 radical (unpaired) electrons. The molecule has 1 aromatic carbocycles. The molecule has 0 amide bonds. The zero-order chi connectivity index (χ0) is 14.7. The fourth-order valence-corrected chi connectivity index (χ4v) is 3.20. The summed E-state index contributed by atoms with van der Waals surface area (Å²) in [5.41, 5.74) is 2.89. The lowest BCUT2D eigenvalue weighted by Gasteiger charge is -2.42. The van der Waals surface area contributed by atoms with E-state index in [9.17, 15) is 0 Å². The molecule has 2 fully saturated rings. The van der Waals surface area contributed by atoms with Gasteiger partial charge in [-0.1, -0.05) is 6.92 Å². The molecule has 116 valence electrons. The molecule has 1 aromatic rings. The molecule has 0 saturated carbocycles. The highest BCUT2D eigenvalue weighted by Crippen LogP contribution is 2.25. The largest absolute Gasteiger partial charge is 0.378 e. The van der Waals surface area contributed by atoms with E-state index in [1.165, 1.54) is 11.4 Å². The Bertz CT molecular complexity index is 456. The van der Waals surface area contributed by atoms with E-state index in [1.54, 1.807) is 0 Å². The summed E-state index contributed by atoms with van der Waals surface area (Å²) in [4.78, 5) is 4.91. The zero-order valence-corrected chi connectivity index (χ0v) is 13.3. The Labute approximate surface area is 128 Å². The number of benzene rings is 1. The summed E-state index contributed by atoms with van der Waals surface area (Å²) < 4.78 is 5.42. The molecule has 2 aliphatic heterocycles. The van der Waals surface area contributed by atoms with Gasteiger partial charge in [-0.25, -0.2) is 0 Å². The minimum atomic E-state index is 0.237. The highest BCUT2D eigenvalue weighted by atomic mass is 16.5. The van der Waals surface area contributed by atoms with Crippen molar-refractivity contribution in [1.29, 1.82) is 0 Å². The Morgan fingerprint density at radius 3 is 2.29 bits per heavy atom. The molecule has 0 aliphatic carbocycles. The molecule has 21 heavy (non-hydrogen) atoms. The number of hydrogen-bond donors (Lipinski definition) is 1. The lowest BCUT2D eigenvalue weighted by Crippen LogP contribution is -2.58. The van der Waals surface area contributed by atoms with Gasteiger partial charge in [0.1, 0.15) is 0 Å². The van der Waals surface area contributed by atoms with Gasteiger partial charge in [0.05, 0.1) is 13.2 Å². The van der Waals surface area contributed by atoms with Crippen LogP contribution in [0.3, 0.4) is 0 Å². The predicted molar refractivity (Wildman–Crippen MR) is 88.4 cm³/mol. The summed E-state index contributed by atoms with van der Waals surface area (Å²) in [7, 11) is 0. The Hall–Kier alpha value is -1.26.